The van der Waals surface area contributed by atoms with E-state index in [0.29, 0.717) is 19.8 Å². The standard InChI is InChI=1S/C28H27N2S.C8H8F6O2.Ir/c1-17(2)13-19-10-8-12-22-25-27(31-26(19)22)24(29-16-30-25)20-14-18-9-6-7-11-21(18)23(15-20)28(3,4)5;1-6(2,8(12,13)14)4(15)3-5(16)7(9,10)11;/h6-12,15-17H,13H2,1-5H3;3,16H,1-2H3;/q-1;;/b;5-3-;. The summed E-state index contributed by atoms with van der Waals surface area (Å²) in [5, 5.41) is 12.0. The Balaban J connectivity index is 0.000000316. The van der Waals surface area contributed by atoms with Crippen molar-refractivity contribution in [1.82, 2.24) is 9.97 Å². The van der Waals surface area contributed by atoms with Gasteiger partial charge in [-0.15, -0.1) is 40.5 Å². The van der Waals surface area contributed by atoms with Gasteiger partial charge in [0.25, 0.3) is 0 Å². The first-order chi connectivity index (χ1) is 21.6. The van der Waals surface area contributed by atoms with Crippen molar-refractivity contribution in [3.63, 3.8) is 0 Å². The molecule has 0 bridgehead atoms. The van der Waals surface area contributed by atoms with Gasteiger partial charge in [0, 0.05) is 46.7 Å². The van der Waals surface area contributed by atoms with Gasteiger partial charge in [0.1, 0.15) is 11.7 Å². The molecule has 5 aromatic rings. The fourth-order valence-electron chi connectivity index (χ4n) is 4.95. The fraction of sp³-hybridized carbons (Fsp3) is 0.361. The van der Waals surface area contributed by atoms with E-state index in [-0.39, 0.29) is 25.5 Å². The summed E-state index contributed by atoms with van der Waals surface area (Å²) in [6.45, 7) is 12.2. The number of alkyl halides is 6. The summed E-state index contributed by atoms with van der Waals surface area (Å²) >= 11 is 1.83. The molecule has 4 nitrogen and oxygen atoms in total. The van der Waals surface area contributed by atoms with E-state index in [1.165, 1.54) is 26.6 Å². The summed E-state index contributed by atoms with van der Waals surface area (Å²) in [5.74, 6) is -3.60. The number of aliphatic hydroxyl groups is 1. The third-order valence-corrected chi connectivity index (χ3v) is 8.99. The van der Waals surface area contributed by atoms with Crippen molar-refractivity contribution in [3.05, 3.63) is 83.9 Å². The number of allylic oxidation sites excluding steroid dienone is 2. The second-order valence-corrected chi connectivity index (χ2v) is 14.3. The van der Waals surface area contributed by atoms with Gasteiger partial charge in [-0.1, -0.05) is 82.0 Å². The minimum Gasteiger partial charge on any atom is -0.504 e. The summed E-state index contributed by atoms with van der Waals surface area (Å²) in [7, 11) is 0. The number of nitrogens with zero attached hydrogens (tertiary/aromatic N) is 2. The van der Waals surface area contributed by atoms with Crippen LogP contribution in [0.5, 0.6) is 0 Å². The second-order valence-electron chi connectivity index (χ2n) is 13.3. The molecule has 5 rings (SSSR count). The van der Waals surface area contributed by atoms with Crippen LogP contribution in [0.1, 0.15) is 59.6 Å². The van der Waals surface area contributed by atoms with Crippen LogP contribution in [0.3, 0.4) is 0 Å². The molecular weight excluding hydrogens is 831 g/mol. The van der Waals surface area contributed by atoms with Gasteiger partial charge >= 0.3 is 12.4 Å². The Bertz CT molecular complexity index is 1970. The molecular formula is C36H35F6IrN2O2S-. The maximum Gasteiger partial charge on any atom is 0.448 e. The third-order valence-electron chi connectivity index (χ3n) is 7.71. The van der Waals surface area contributed by atoms with Gasteiger partial charge in [-0.05, 0) is 37.2 Å². The Morgan fingerprint density at radius 3 is 2.12 bits per heavy atom. The SMILES string of the molecule is CC(C)(C(=O)/C=C(\O)C(F)(F)F)C(F)(F)F.CC(C)Cc1cccc2c1sc1c(-c3[c-]c4ccccc4c(C(C)(C)C)c3)ncnc12.[Ir]. The van der Waals surface area contributed by atoms with Gasteiger partial charge in [-0.25, -0.2) is 4.98 Å². The molecule has 0 amide bonds. The van der Waals surface area contributed by atoms with Crippen LogP contribution in [-0.4, -0.2) is 33.2 Å². The van der Waals surface area contributed by atoms with E-state index in [1.54, 1.807) is 6.33 Å². The number of hydrogen-bond acceptors (Lipinski definition) is 5. The molecule has 1 radical (unpaired) electrons. The zero-order chi connectivity index (χ0) is 35.1. The number of carbonyl (C=O) groups is 1. The monoisotopic (exact) mass is 866 g/mol. The average Bonchev–Trinajstić information content (AvgIpc) is 3.35. The number of carbonyl (C=O) groups excluding carboxylic acids is 1. The summed E-state index contributed by atoms with van der Waals surface area (Å²) in [5.41, 5.74) is 2.86. The van der Waals surface area contributed by atoms with Crippen molar-refractivity contribution >= 4 is 48.2 Å². The number of benzene rings is 3. The molecule has 0 saturated heterocycles. The number of ketones is 1. The van der Waals surface area contributed by atoms with Crippen LogP contribution in [-0.2, 0) is 36.7 Å². The Morgan fingerprint density at radius 1 is 0.917 bits per heavy atom. The van der Waals surface area contributed by atoms with E-state index < -0.39 is 35.4 Å². The minimum absolute atomic E-state index is 0. The van der Waals surface area contributed by atoms with E-state index in [0.717, 1.165) is 33.3 Å². The van der Waals surface area contributed by atoms with E-state index in [4.69, 9.17) is 15.1 Å². The molecule has 0 atom stereocenters. The van der Waals surface area contributed by atoms with E-state index in [9.17, 15) is 31.1 Å². The largest absolute Gasteiger partial charge is 0.504 e. The number of fused-ring (bicyclic) bond motifs is 4. The molecule has 1 N–H and O–H groups in total. The molecule has 0 aliphatic carbocycles. The van der Waals surface area contributed by atoms with Crippen LogP contribution in [0, 0.1) is 17.4 Å². The van der Waals surface area contributed by atoms with Crippen LogP contribution in [0.2, 0.25) is 0 Å². The Hall–Kier alpha value is -3.34. The number of halogens is 6. The van der Waals surface area contributed by atoms with E-state index in [1.807, 2.05) is 11.3 Å². The molecule has 2 heterocycles. The van der Waals surface area contributed by atoms with Gasteiger partial charge in [0.05, 0.1) is 5.52 Å². The minimum atomic E-state index is -5.24. The van der Waals surface area contributed by atoms with Crippen molar-refractivity contribution in [3.8, 4) is 11.3 Å². The molecule has 12 heteroatoms. The Kier molecular flexibility index (Phi) is 11.6. The Morgan fingerprint density at radius 2 is 1.54 bits per heavy atom. The van der Waals surface area contributed by atoms with Gasteiger partial charge < -0.3 is 5.11 Å². The van der Waals surface area contributed by atoms with E-state index >= 15 is 0 Å². The number of hydrogen-bond donors (Lipinski definition) is 1. The van der Waals surface area contributed by atoms with E-state index in [2.05, 4.69) is 89.2 Å². The van der Waals surface area contributed by atoms with Gasteiger partial charge in [-0.2, -0.15) is 26.3 Å². The summed E-state index contributed by atoms with van der Waals surface area (Å²) < 4.78 is 74.4. The van der Waals surface area contributed by atoms with Crippen molar-refractivity contribution < 1.29 is 56.3 Å². The first-order valence-electron chi connectivity index (χ1n) is 14.8. The summed E-state index contributed by atoms with van der Waals surface area (Å²) in [4.78, 5) is 20.4. The molecule has 0 aliphatic heterocycles. The van der Waals surface area contributed by atoms with Crippen molar-refractivity contribution in [2.75, 3.05) is 0 Å². The number of thiophene rings is 1. The maximum absolute atomic E-state index is 12.2. The molecule has 2 aromatic heterocycles. The van der Waals surface area contributed by atoms with Gasteiger partial charge in [0.15, 0.2) is 5.78 Å². The molecule has 48 heavy (non-hydrogen) atoms. The third kappa shape index (κ3) is 8.26. The molecule has 0 aliphatic rings. The predicted octanol–water partition coefficient (Wildman–Crippen LogP) is 11.1. The first kappa shape index (κ1) is 39.1. The molecule has 259 valence electrons. The van der Waals surface area contributed by atoms with Gasteiger partial charge in [-0.3, -0.25) is 9.78 Å². The molecule has 0 fully saturated rings. The fourth-order valence-corrected chi connectivity index (χ4v) is 6.23. The van der Waals surface area contributed by atoms with Crippen LogP contribution in [0.15, 0.2) is 66.7 Å². The van der Waals surface area contributed by atoms with Crippen LogP contribution < -0.4 is 0 Å². The smallest absolute Gasteiger partial charge is 0.448 e. The number of aliphatic hydroxyl groups excluding tert-OH is 1. The van der Waals surface area contributed by atoms with Gasteiger partial charge in [0.2, 0.25) is 5.76 Å². The average molecular weight is 866 g/mol. The number of rotatable bonds is 5. The normalized spacial score (nSPS) is 13.1. The maximum atomic E-state index is 12.2. The second kappa shape index (κ2) is 14.3. The molecule has 0 spiro atoms. The van der Waals surface area contributed by atoms with Crippen molar-refractivity contribution in [2.45, 2.75) is 72.7 Å². The first-order valence-corrected chi connectivity index (χ1v) is 15.6. The molecule has 0 unspecified atom stereocenters. The summed E-state index contributed by atoms with van der Waals surface area (Å²) in [6, 6.07) is 21.1. The van der Waals surface area contributed by atoms with Crippen LogP contribution >= 0.6 is 11.3 Å². The quantitative estimate of drug-likeness (QED) is 0.0827. The van der Waals surface area contributed by atoms with Crippen molar-refractivity contribution in [1.29, 1.82) is 0 Å². The predicted molar refractivity (Wildman–Crippen MR) is 176 cm³/mol. The zero-order valence-corrected chi connectivity index (χ0v) is 30.5. The van der Waals surface area contributed by atoms with Crippen molar-refractivity contribution in [2.24, 2.45) is 11.3 Å². The Labute approximate surface area is 292 Å². The van der Waals surface area contributed by atoms with Crippen LogP contribution in [0.4, 0.5) is 26.3 Å². The zero-order valence-electron chi connectivity index (χ0n) is 27.3. The van der Waals surface area contributed by atoms with Crippen LogP contribution in [0.25, 0.3) is 42.3 Å². The topological polar surface area (TPSA) is 63.1 Å². The summed E-state index contributed by atoms with van der Waals surface area (Å²) in [6.07, 6.45) is -7.92. The molecule has 0 saturated carbocycles. The molecule has 3 aromatic carbocycles. The number of aromatic nitrogens is 2.